The van der Waals surface area contributed by atoms with Crippen molar-refractivity contribution in [1.29, 1.82) is 0 Å². The van der Waals surface area contributed by atoms with Gasteiger partial charge in [-0.2, -0.15) is 0 Å². The molecular weight excluding hydrogens is 346 g/mol. The number of aryl methyl sites for hydroxylation is 2. The summed E-state index contributed by atoms with van der Waals surface area (Å²) < 4.78 is 29.4. The summed E-state index contributed by atoms with van der Waals surface area (Å²) in [5.41, 5.74) is 2.17. The molecule has 3 aromatic rings. The minimum Gasteiger partial charge on any atom is -0.331 e. The molecule has 0 unspecified atom stereocenters. The highest BCUT2D eigenvalue weighted by molar-refractivity contribution is 7.89. The van der Waals surface area contributed by atoms with Crippen molar-refractivity contribution in [1.82, 2.24) is 14.3 Å². The predicted octanol–water partition coefficient (Wildman–Crippen LogP) is 3.48. The first-order valence-electron chi connectivity index (χ1n) is 8.75. The van der Waals surface area contributed by atoms with Gasteiger partial charge in [0.05, 0.1) is 4.90 Å². The number of sulfonamides is 1. The van der Waals surface area contributed by atoms with E-state index in [4.69, 9.17) is 0 Å². The Morgan fingerprint density at radius 1 is 1.04 bits per heavy atom. The molecule has 136 valence electrons. The summed E-state index contributed by atoms with van der Waals surface area (Å²) in [7, 11) is -3.46. The number of nitrogens with zero attached hydrogens (tertiary/aromatic N) is 2. The summed E-state index contributed by atoms with van der Waals surface area (Å²) in [5, 5.41) is 0. The molecule has 1 N–H and O–H groups in total. The molecule has 0 spiro atoms. The molecule has 0 atom stereocenters. The van der Waals surface area contributed by atoms with Crippen LogP contribution < -0.4 is 4.72 Å². The van der Waals surface area contributed by atoms with Gasteiger partial charge in [-0.25, -0.2) is 18.1 Å². The number of hydrogen-bond donors (Lipinski definition) is 1. The van der Waals surface area contributed by atoms with Crippen LogP contribution in [0.2, 0.25) is 0 Å². The molecule has 2 aromatic carbocycles. The van der Waals surface area contributed by atoms with Gasteiger partial charge in [-0.3, -0.25) is 0 Å². The van der Waals surface area contributed by atoms with Crippen LogP contribution in [-0.4, -0.2) is 24.5 Å². The van der Waals surface area contributed by atoms with Crippen LogP contribution in [0.3, 0.4) is 0 Å². The molecule has 5 nitrogen and oxygen atoms in total. The normalized spacial score (nSPS) is 11.6. The summed E-state index contributed by atoms with van der Waals surface area (Å²) in [4.78, 5) is 4.71. The van der Waals surface area contributed by atoms with Crippen molar-refractivity contribution >= 4 is 10.0 Å². The van der Waals surface area contributed by atoms with Crippen LogP contribution in [-0.2, 0) is 23.0 Å². The van der Waals surface area contributed by atoms with Crippen LogP contribution in [0.5, 0.6) is 0 Å². The van der Waals surface area contributed by atoms with Gasteiger partial charge in [-0.15, -0.1) is 0 Å². The first kappa shape index (κ1) is 18.4. The highest BCUT2D eigenvalue weighted by atomic mass is 32.2. The molecule has 0 radical (unpaired) electrons. The Morgan fingerprint density at radius 2 is 1.77 bits per heavy atom. The maximum Gasteiger partial charge on any atom is 0.240 e. The van der Waals surface area contributed by atoms with E-state index >= 15 is 0 Å². The van der Waals surface area contributed by atoms with Gasteiger partial charge in [0.2, 0.25) is 10.0 Å². The average Bonchev–Trinajstić information content (AvgIpc) is 3.14. The summed E-state index contributed by atoms with van der Waals surface area (Å²) in [6, 6.07) is 17.0. The van der Waals surface area contributed by atoms with Gasteiger partial charge in [0.1, 0.15) is 5.82 Å². The number of benzene rings is 2. The van der Waals surface area contributed by atoms with Crippen LogP contribution in [0.1, 0.15) is 18.9 Å². The van der Waals surface area contributed by atoms with Crippen molar-refractivity contribution in [2.75, 3.05) is 6.54 Å². The van der Waals surface area contributed by atoms with Crippen LogP contribution in [0.25, 0.3) is 11.4 Å². The van der Waals surface area contributed by atoms with E-state index in [0.29, 0.717) is 24.4 Å². The van der Waals surface area contributed by atoms with Gasteiger partial charge in [0.25, 0.3) is 0 Å². The molecule has 3 rings (SSSR count). The van der Waals surface area contributed by atoms with E-state index < -0.39 is 10.0 Å². The fourth-order valence-corrected chi connectivity index (χ4v) is 3.85. The molecule has 0 aliphatic heterocycles. The predicted molar refractivity (Wildman–Crippen MR) is 103 cm³/mol. The lowest BCUT2D eigenvalue weighted by atomic mass is 10.2. The Kier molecular flexibility index (Phi) is 5.85. The summed E-state index contributed by atoms with van der Waals surface area (Å²) in [6.07, 6.45) is 5.26. The number of nitrogens with one attached hydrogen (secondary N) is 1. The van der Waals surface area contributed by atoms with Gasteiger partial charge in [-0.1, -0.05) is 49.4 Å². The highest BCUT2D eigenvalue weighted by Gasteiger charge is 2.13. The molecule has 1 aromatic heterocycles. The topological polar surface area (TPSA) is 64.0 Å². The van der Waals surface area contributed by atoms with E-state index in [1.165, 1.54) is 0 Å². The van der Waals surface area contributed by atoms with Crippen molar-refractivity contribution in [2.45, 2.75) is 31.2 Å². The molecule has 0 aliphatic rings. The largest absolute Gasteiger partial charge is 0.331 e. The summed E-state index contributed by atoms with van der Waals surface area (Å²) in [6.45, 7) is 3.12. The van der Waals surface area contributed by atoms with Gasteiger partial charge >= 0.3 is 0 Å². The number of aromatic nitrogens is 2. The molecule has 0 saturated carbocycles. The van der Waals surface area contributed by atoms with Crippen molar-refractivity contribution in [3.05, 3.63) is 72.6 Å². The van der Waals surface area contributed by atoms with E-state index in [9.17, 15) is 8.42 Å². The molecule has 0 fully saturated rings. The maximum atomic E-state index is 12.4. The molecule has 0 aliphatic carbocycles. The Hall–Kier alpha value is -2.44. The van der Waals surface area contributed by atoms with Crippen LogP contribution in [0.15, 0.2) is 71.9 Å². The zero-order valence-electron chi connectivity index (χ0n) is 14.8. The fraction of sp³-hybridized carbons (Fsp3) is 0.250. The smallest absolute Gasteiger partial charge is 0.240 e. The van der Waals surface area contributed by atoms with E-state index in [-0.39, 0.29) is 0 Å². The van der Waals surface area contributed by atoms with Crippen LogP contribution in [0.4, 0.5) is 0 Å². The second kappa shape index (κ2) is 8.29. The molecule has 0 amide bonds. The van der Waals surface area contributed by atoms with Gasteiger partial charge in [-0.05, 0) is 30.5 Å². The van der Waals surface area contributed by atoms with E-state index in [1.54, 1.807) is 18.3 Å². The first-order chi connectivity index (χ1) is 12.6. The quantitative estimate of drug-likeness (QED) is 0.618. The van der Waals surface area contributed by atoms with E-state index in [2.05, 4.69) is 9.71 Å². The van der Waals surface area contributed by atoms with Crippen molar-refractivity contribution in [2.24, 2.45) is 0 Å². The number of hydrogen-bond acceptors (Lipinski definition) is 3. The SMILES string of the molecule is CCc1ccc(S(=O)(=O)NCCCn2ccnc2-c2ccccc2)cc1. The third-order valence-corrected chi connectivity index (χ3v) is 5.73. The van der Waals surface area contributed by atoms with Crippen LogP contribution in [0, 0.1) is 0 Å². The molecule has 0 saturated heterocycles. The minimum absolute atomic E-state index is 0.308. The van der Waals surface area contributed by atoms with E-state index in [0.717, 1.165) is 23.4 Å². The minimum atomic E-state index is -3.46. The van der Waals surface area contributed by atoms with Gasteiger partial charge in [0, 0.05) is 31.0 Å². The fourth-order valence-electron chi connectivity index (χ4n) is 2.78. The lowest BCUT2D eigenvalue weighted by molar-refractivity contribution is 0.570. The average molecular weight is 369 g/mol. The van der Waals surface area contributed by atoms with Crippen molar-refractivity contribution < 1.29 is 8.42 Å². The maximum absolute atomic E-state index is 12.4. The first-order valence-corrected chi connectivity index (χ1v) is 10.2. The Labute approximate surface area is 154 Å². The lowest BCUT2D eigenvalue weighted by Gasteiger charge is -2.10. The molecular formula is C20H23N3O2S. The lowest BCUT2D eigenvalue weighted by Crippen LogP contribution is -2.25. The third kappa shape index (κ3) is 4.39. The Balaban J connectivity index is 1.57. The van der Waals surface area contributed by atoms with Gasteiger partial charge in [0.15, 0.2) is 0 Å². The highest BCUT2D eigenvalue weighted by Crippen LogP contribution is 2.17. The second-order valence-corrected chi connectivity index (χ2v) is 7.83. The summed E-state index contributed by atoms with van der Waals surface area (Å²) in [5.74, 6) is 0.892. The Bertz CT molecular complexity index is 933. The Morgan fingerprint density at radius 3 is 2.46 bits per heavy atom. The number of rotatable bonds is 8. The standard InChI is InChI=1S/C20H23N3O2S/c1-2-17-9-11-19(12-10-17)26(24,25)22-13-6-15-23-16-14-21-20(23)18-7-4-3-5-8-18/h3-5,7-12,14,16,22H,2,6,13,15H2,1H3. The summed E-state index contributed by atoms with van der Waals surface area (Å²) >= 11 is 0. The zero-order chi connectivity index (χ0) is 18.4. The molecule has 1 heterocycles. The molecule has 26 heavy (non-hydrogen) atoms. The molecule has 6 heteroatoms. The van der Waals surface area contributed by atoms with E-state index in [1.807, 2.05) is 60.2 Å². The third-order valence-electron chi connectivity index (χ3n) is 4.26. The monoisotopic (exact) mass is 369 g/mol. The van der Waals surface area contributed by atoms with Crippen LogP contribution >= 0.6 is 0 Å². The second-order valence-electron chi connectivity index (χ2n) is 6.06. The van der Waals surface area contributed by atoms with Gasteiger partial charge < -0.3 is 4.57 Å². The van der Waals surface area contributed by atoms with Crippen molar-refractivity contribution in [3.8, 4) is 11.4 Å². The molecule has 0 bridgehead atoms. The van der Waals surface area contributed by atoms with Crippen molar-refractivity contribution in [3.63, 3.8) is 0 Å². The zero-order valence-corrected chi connectivity index (χ0v) is 15.6. The number of imidazole rings is 1.